The minimum Gasteiger partial charge on any atom is -0.456 e. The molecule has 3 aliphatic rings. The number of para-hydroxylation sites is 1. The summed E-state index contributed by atoms with van der Waals surface area (Å²) in [4.78, 5) is 0. The van der Waals surface area contributed by atoms with Crippen LogP contribution in [0.15, 0.2) is 157 Å². The van der Waals surface area contributed by atoms with E-state index in [0.717, 1.165) is 0 Å². The van der Waals surface area contributed by atoms with E-state index < -0.39 is 205 Å². The standard InChI is InChI=1S/C45H26O/c1-2-11-30-27(10-1)21-24-39-43(30)36-14-4-7-18-38(36)45(39)37-17-6-3-12-31(37)32-22-20-28(26-40(32)45)29-23-25-42-44-34(29)15-9-16-35(44)33-13-5-8-19-41(33)46-42/h1-26H/i1D,2D,3D,4D,6D,7D,9D,10D,11D,12D,14D,15D,16D,17D,18D,20D,21D,22D,23D,24D,25D,26D. The van der Waals surface area contributed by atoms with Gasteiger partial charge in [-0.25, -0.2) is 0 Å². The maximum absolute atomic E-state index is 10.4. The molecule has 11 rings (SSSR count). The van der Waals surface area contributed by atoms with E-state index >= 15 is 0 Å². The molecule has 1 heteroatoms. The Morgan fingerprint density at radius 2 is 1.17 bits per heavy atom. The predicted molar refractivity (Wildman–Crippen MR) is 189 cm³/mol. The van der Waals surface area contributed by atoms with Crippen LogP contribution in [0.1, 0.15) is 52.4 Å². The Morgan fingerprint density at radius 3 is 2.11 bits per heavy atom. The summed E-state index contributed by atoms with van der Waals surface area (Å²) in [5.74, 6) is -0.115. The molecule has 0 fully saturated rings. The summed E-state index contributed by atoms with van der Waals surface area (Å²) in [5.41, 5.74) is -7.89. The van der Waals surface area contributed by atoms with Crippen LogP contribution in [-0.2, 0) is 5.41 Å². The van der Waals surface area contributed by atoms with Gasteiger partial charge in [0.25, 0.3) is 0 Å². The first-order valence-corrected chi connectivity index (χ1v) is 14.2. The van der Waals surface area contributed by atoms with Gasteiger partial charge in [-0.05, 0) is 95.5 Å². The van der Waals surface area contributed by atoms with E-state index in [4.69, 9.17) is 17.1 Å². The normalized spacial score (nSPS) is 22.8. The topological polar surface area (TPSA) is 9.23 Å². The molecule has 8 aromatic carbocycles. The summed E-state index contributed by atoms with van der Waals surface area (Å²) in [7, 11) is 0. The molecule has 0 radical (unpaired) electrons. The minimum absolute atomic E-state index is 0.0262. The summed E-state index contributed by atoms with van der Waals surface area (Å²) in [6.45, 7) is 0. The monoisotopic (exact) mass is 604 g/mol. The van der Waals surface area contributed by atoms with Gasteiger partial charge in [-0.3, -0.25) is 0 Å². The maximum Gasteiger partial charge on any atom is 0.135 e. The van der Waals surface area contributed by atoms with Crippen LogP contribution in [0, 0.1) is 0 Å². The predicted octanol–water partition coefficient (Wildman–Crippen LogP) is 11.8. The number of benzene rings is 8. The fourth-order valence-electron chi connectivity index (χ4n) is 7.15. The molecular formula is C45H26O. The zero-order valence-electron chi connectivity index (χ0n) is 45.2. The molecule has 1 atom stereocenters. The van der Waals surface area contributed by atoms with E-state index in [9.17, 15) is 17.8 Å². The Morgan fingerprint density at radius 1 is 0.457 bits per heavy atom. The Balaban J connectivity index is 1.45. The van der Waals surface area contributed by atoms with Crippen LogP contribution in [0.4, 0.5) is 0 Å². The van der Waals surface area contributed by atoms with E-state index in [-0.39, 0.29) is 33.4 Å². The van der Waals surface area contributed by atoms with Crippen molar-refractivity contribution in [1.82, 2.24) is 0 Å². The van der Waals surface area contributed by atoms with Crippen molar-refractivity contribution in [3.8, 4) is 56.0 Å². The zero-order valence-corrected chi connectivity index (χ0v) is 23.2. The van der Waals surface area contributed by atoms with Crippen molar-refractivity contribution in [2.75, 3.05) is 0 Å². The molecule has 1 spiro atoms. The lowest BCUT2D eigenvalue weighted by atomic mass is 9.70. The van der Waals surface area contributed by atoms with Crippen molar-refractivity contribution in [3.05, 3.63) is 179 Å². The lowest BCUT2D eigenvalue weighted by Gasteiger charge is -2.31. The molecule has 0 saturated heterocycles. The minimum atomic E-state index is -2.76. The molecule has 212 valence electrons. The van der Waals surface area contributed by atoms with Crippen molar-refractivity contribution < 1.29 is 34.9 Å². The SMILES string of the molecule is [2H]c1c([2H])c([2H])c2c(c1[2H])-c1c([2H])c([2H])c(-c3c([2H])c([2H])c4c5c(c([2H])c([2H])c([2H])c35)-c3ccccc3O4)c([2H])c1C21c2c([2H])c([2H])c([2H])c([2H])c2-c2c1c([2H])c([2H])c1c([2H])c([2H])c([2H])c([2H])c21. The highest BCUT2D eigenvalue weighted by atomic mass is 16.5. The van der Waals surface area contributed by atoms with Crippen LogP contribution >= 0.6 is 0 Å². The first-order valence-electron chi connectivity index (χ1n) is 25.2. The Bertz CT molecular complexity index is 3860. The highest BCUT2D eigenvalue weighted by Gasteiger charge is 2.52. The zero-order chi connectivity index (χ0) is 49.1. The van der Waals surface area contributed by atoms with Gasteiger partial charge in [0.05, 0.1) is 35.6 Å². The first-order chi connectivity index (χ1) is 32.0. The summed E-state index contributed by atoms with van der Waals surface area (Å²) >= 11 is 0. The van der Waals surface area contributed by atoms with Crippen LogP contribution in [0.25, 0.3) is 66.1 Å². The highest BCUT2D eigenvalue weighted by Crippen LogP contribution is 2.64. The van der Waals surface area contributed by atoms with Crippen LogP contribution in [0.2, 0.25) is 0 Å². The van der Waals surface area contributed by atoms with Gasteiger partial charge in [-0.15, -0.1) is 0 Å². The number of fused-ring (bicyclic) bond motifs is 14. The lowest BCUT2D eigenvalue weighted by Crippen LogP contribution is -2.25. The molecule has 1 heterocycles. The van der Waals surface area contributed by atoms with E-state index in [1.165, 1.54) is 0 Å². The molecule has 1 aliphatic heterocycles. The average molecular weight is 605 g/mol. The number of hydrogen-bond donors (Lipinski definition) is 0. The van der Waals surface area contributed by atoms with Gasteiger partial charge >= 0.3 is 0 Å². The quantitative estimate of drug-likeness (QED) is 0.181. The van der Waals surface area contributed by atoms with Crippen LogP contribution < -0.4 is 4.74 Å². The summed E-state index contributed by atoms with van der Waals surface area (Å²) in [5, 5.41) is -1.44. The number of ether oxygens (including phenoxy) is 1. The molecule has 46 heavy (non-hydrogen) atoms. The second kappa shape index (κ2) is 8.62. The second-order valence-corrected chi connectivity index (χ2v) is 11.1. The van der Waals surface area contributed by atoms with E-state index in [0.29, 0.717) is 0 Å². The first kappa shape index (κ1) is 11.8. The maximum atomic E-state index is 10.4. The van der Waals surface area contributed by atoms with Gasteiger partial charge in [0.15, 0.2) is 0 Å². The number of rotatable bonds is 1. The van der Waals surface area contributed by atoms with E-state index in [1.54, 1.807) is 24.3 Å². The van der Waals surface area contributed by atoms with Crippen molar-refractivity contribution in [2.24, 2.45) is 0 Å². The lowest BCUT2D eigenvalue weighted by molar-refractivity contribution is 0.487. The van der Waals surface area contributed by atoms with Crippen molar-refractivity contribution in [1.29, 1.82) is 0 Å². The van der Waals surface area contributed by atoms with Crippen LogP contribution in [0.3, 0.4) is 0 Å². The Hall–Kier alpha value is -5.92. The molecule has 1 nitrogen and oxygen atoms in total. The van der Waals surface area contributed by atoms with Gasteiger partial charge < -0.3 is 4.74 Å². The molecule has 2 aliphatic carbocycles. The van der Waals surface area contributed by atoms with Crippen LogP contribution in [-0.4, -0.2) is 0 Å². The summed E-state index contributed by atoms with van der Waals surface area (Å²) < 4.78 is 210. The molecule has 0 bridgehead atoms. The summed E-state index contributed by atoms with van der Waals surface area (Å²) in [6, 6.07) is -11.3. The smallest absolute Gasteiger partial charge is 0.135 e. The van der Waals surface area contributed by atoms with Crippen molar-refractivity contribution in [3.63, 3.8) is 0 Å². The van der Waals surface area contributed by atoms with E-state index in [1.807, 2.05) is 0 Å². The van der Waals surface area contributed by atoms with Gasteiger partial charge in [0.1, 0.15) is 11.5 Å². The largest absolute Gasteiger partial charge is 0.456 e. The Kier molecular flexibility index (Phi) is 2.21. The fourth-order valence-corrected chi connectivity index (χ4v) is 7.15. The van der Waals surface area contributed by atoms with Gasteiger partial charge in [-0.1, -0.05) is 139 Å². The third kappa shape index (κ3) is 2.87. The molecule has 1 unspecified atom stereocenters. The second-order valence-electron chi connectivity index (χ2n) is 11.1. The molecule has 8 aromatic rings. The van der Waals surface area contributed by atoms with Gasteiger partial charge in [0.2, 0.25) is 0 Å². The van der Waals surface area contributed by atoms with Gasteiger partial charge in [-0.2, -0.15) is 0 Å². The average Bonchev–Trinajstić information content (AvgIpc) is 3.81. The highest BCUT2D eigenvalue weighted by molar-refractivity contribution is 6.11. The molecule has 0 aromatic heterocycles. The third-order valence-corrected chi connectivity index (χ3v) is 8.96. The van der Waals surface area contributed by atoms with E-state index in [2.05, 4.69) is 0 Å². The molecular weight excluding hydrogens is 556 g/mol. The fraction of sp³-hybridized carbons (Fsp3) is 0.0222. The molecule has 0 saturated carbocycles. The third-order valence-electron chi connectivity index (χ3n) is 8.96. The van der Waals surface area contributed by atoms with Crippen molar-refractivity contribution >= 4 is 21.5 Å². The van der Waals surface area contributed by atoms with Crippen molar-refractivity contribution in [2.45, 2.75) is 5.41 Å². The van der Waals surface area contributed by atoms with Crippen LogP contribution in [0.5, 0.6) is 11.5 Å². The summed E-state index contributed by atoms with van der Waals surface area (Å²) in [6.07, 6.45) is 0. The van der Waals surface area contributed by atoms with Gasteiger partial charge in [0, 0.05) is 10.9 Å². The molecule has 0 N–H and O–H groups in total. The molecule has 0 amide bonds. The Labute approximate surface area is 297 Å². The number of hydrogen-bond acceptors (Lipinski definition) is 1.